The van der Waals surface area contributed by atoms with Crippen molar-refractivity contribution in [3.05, 3.63) is 59.7 Å². The Morgan fingerprint density at radius 3 is 1.92 bits per heavy atom. The molecule has 0 fully saturated rings. The highest BCUT2D eigenvalue weighted by Gasteiger charge is 2.54. The Kier molecular flexibility index (Phi) is 3.94. The van der Waals surface area contributed by atoms with Gasteiger partial charge in [-0.2, -0.15) is 0 Å². The maximum Gasteiger partial charge on any atom is 0.384 e. The van der Waals surface area contributed by atoms with E-state index in [1.165, 1.54) is 48.5 Å². The standard InChI is InChI=1S/C18H14O7/c1-24-17(22)18(23)15(11-4-8-13(20)9-5-11)14(16(21)25-18)10-2-6-12(19)7-3-10/h2-9,19-20,23H,1H3/t18-/m0/s1. The molecule has 0 aliphatic carbocycles. The smallest absolute Gasteiger partial charge is 0.384 e. The van der Waals surface area contributed by atoms with Crippen LogP contribution in [0.5, 0.6) is 11.5 Å². The fourth-order valence-corrected chi connectivity index (χ4v) is 2.65. The van der Waals surface area contributed by atoms with Crippen molar-refractivity contribution in [2.24, 2.45) is 0 Å². The Balaban J connectivity index is 2.29. The first-order valence-electron chi connectivity index (χ1n) is 7.24. The minimum atomic E-state index is -2.62. The number of cyclic esters (lactones) is 1. The van der Waals surface area contributed by atoms with E-state index in [0.717, 1.165) is 7.11 Å². The van der Waals surface area contributed by atoms with E-state index in [9.17, 15) is 24.9 Å². The van der Waals surface area contributed by atoms with Crippen molar-refractivity contribution in [3.8, 4) is 11.5 Å². The first-order chi connectivity index (χ1) is 11.9. The van der Waals surface area contributed by atoms with Gasteiger partial charge in [-0.05, 0) is 35.4 Å². The largest absolute Gasteiger partial charge is 0.508 e. The molecule has 7 heteroatoms. The summed E-state index contributed by atoms with van der Waals surface area (Å²) in [5.74, 6) is -4.72. The number of ether oxygens (including phenoxy) is 2. The number of phenols is 2. The van der Waals surface area contributed by atoms with Crippen molar-refractivity contribution < 1.29 is 34.4 Å². The van der Waals surface area contributed by atoms with Gasteiger partial charge in [-0.3, -0.25) is 0 Å². The van der Waals surface area contributed by atoms with Gasteiger partial charge < -0.3 is 24.8 Å². The van der Waals surface area contributed by atoms with E-state index in [2.05, 4.69) is 4.74 Å². The van der Waals surface area contributed by atoms with Gasteiger partial charge >= 0.3 is 17.7 Å². The zero-order valence-electron chi connectivity index (χ0n) is 13.1. The predicted molar refractivity (Wildman–Crippen MR) is 86.1 cm³/mol. The van der Waals surface area contributed by atoms with Gasteiger partial charge in [-0.15, -0.1) is 0 Å². The van der Waals surface area contributed by atoms with Crippen LogP contribution in [0.15, 0.2) is 48.5 Å². The van der Waals surface area contributed by atoms with E-state index >= 15 is 0 Å². The quantitative estimate of drug-likeness (QED) is 0.723. The molecule has 25 heavy (non-hydrogen) atoms. The summed E-state index contributed by atoms with van der Waals surface area (Å²) < 4.78 is 9.51. The van der Waals surface area contributed by atoms with Crippen LogP contribution in [0.2, 0.25) is 0 Å². The molecular formula is C18H14O7. The average Bonchev–Trinajstić information content (AvgIpc) is 2.87. The van der Waals surface area contributed by atoms with E-state index in [-0.39, 0.29) is 22.6 Å². The van der Waals surface area contributed by atoms with Crippen LogP contribution >= 0.6 is 0 Å². The fraction of sp³-hybridized carbons (Fsp3) is 0.111. The molecule has 0 spiro atoms. The van der Waals surface area contributed by atoms with Gasteiger partial charge in [-0.1, -0.05) is 24.3 Å². The van der Waals surface area contributed by atoms with Crippen LogP contribution in [-0.2, 0) is 19.1 Å². The van der Waals surface area contributed by atoms with Crippen LogP contribution in [0.1, 0.15) is 11.1 Å². The van der Waals surface area contributed by atoms with E-state index in [0.29, 0.717) is 11.1 Å². The molecule has 3 rings (SSSR count). The Morgan fingerprint density at radius 2 is 1.44 bits per heavy atom. The molecule has 0 amide bonds. The van der Waals surface area contributed by atoms with Gasteiger partial charge in [0.25, 0.3) is 0 Å². The lowest BCUT2D eigenvalue weighted by atomic mass is 9.91. The van der Waals surface area contributed by atoms with Crippen molar-refractivity contribution in [1.82, 2.24) is 0 Å². The van der Waals surface area contributed by atoms with E-state index < -0.39 is 17.7 Å². The highest BCUT2D eigenvalue weighted by molar-refractivity contribution is 6.31. The first-order valence-corrected chi connectivity index (χ1v) is 7.24. The molecule has 2 aromatic rings. The number of esters is 2. The Bertz CT molecular complexity index is 865. The Labute approximate surface area is 142 Å². The summed E-state index contributed by atoms with van der Waals surface area (Å²) in [6.07, 6.45) is 0. The van der Waals surface area contributed by atoms with Gasteiger partial charge in [-0.25, -0.2) is 9.59 Å². The molecule has 0 radical (unpaired) electrons. The van der Waals surface area contributed by atoms with Gasteiger partial charge in [0.15, 0.2) is 0 Å². The molecule has 0 aromatic heterocycles. The summed E-state index contributed by atoms with van der Waals surface area (Å²) in [5, 5.41) is 29.6. The molecule has 0 bridgehead atoms. The number of phenolic OH excluding ortho intramolecular Hbond substituents is 2. The normalized spacial score (nSPS) is 19.7. The maximum atomic E-state index is 12.4. The SMILES string of the molecule is COC(=O)[C@@]1(O)OC(=O)C(c2ccc(O)cc2)=C1c1ccc(O)cc1. The van der Waals surface area contributed by atoms with Gasteiger partial charge in [0.2, 0.25) is 0 Å². The van der Waals surface area contributed by atoms with E-state index in [1.54, 1.807) is 0 Å². The molecule has 0 saturated carbocycles. The topological polar surface area (TPSA) is 113 Å². The number of aromatic hydroxyl groups is 2. The van der Waals surface area contributed by atoms with Crippen LogP contribution in [0.4, 0.5) is 0 Å². The Morgan fingerprint density at radius 1 is 0.960 bits per heavy atom. The number of carbonyl (C=O) groups excluding carboxylic acids is 2. The molecule has 128 valence electrons. The van der Waals surface area contributed by atoms with Crippen LogP contribution in [-0.4, -0.2) is 40.2 Å². The highest BCUT2D eigenvalue weighted by Crippen LogP contribution is 2.43. The molecule has 3 N–H and O–H groups in total. The zero-order chi connectivity index (χ0) is 18.2. The van der Waals surface area contributed by atoms with Crippen molar-refractivity contribution in [1.29, 1.82) is 0 Å². The molecule has 1 heterocycles. The summed E-state index contributed by atoms with van der Waals surface area (Å²) in [6, 6.07) is 11.2. The number of carbonyl (C=O) groups is 2. The van der Waals surface area contributed by atoms with Crippen molar-refractivity contribution in [2.45, 2.75) is 5.79 Å². The lowest BCUT2D eigenvalue weighted by Gasteiger charge is -2.22. The van der Waals surface area contributed by atoms with Crippen molar-refractivity contribution in [3.63, 3.8) is 0 Å². The van der Waals surface area contributed by atoms with Crippen LogP contribution in [0.3, 0.4) is 0 Å². The highest BCUT2D eigenvalue weighted by atomic mass is 16.7. The van der Waals surface area contributed by atoms with Gasteiger partial charge in [0.1, 0.15) is 11.5 Å². The summed E-state index contributed by atoms with van der Waals surface area (Å²) in [5.41, 5.74) is 0.485. The zero-order valence-corrected chi connectivity index (χ0v) is 13.1. The third kappa shape index (κ3) is 2.70. The molecular weight excluding hydrogens is 328 g/mol. The lowest BCUT2D eigenvalue weighted by Crippen LogP contribution is -2.41. The summed E-state index contributed by atoms with van der Waals surface area (Å²) in [7, 11) is 1.06. The number of rotatable bonds is 3. The fourth-order valence-electron chi connectivity index (χ4n) is 2.65. The minimum absolute atomic E-state index is 0.00914. The molecule has 1 aliphatic heterocycles. The van der Waals surface area contributed by atoms with E-state index in [4.69, 9.17) is 4.74 Å². The number of hydrogen-bond acceptors (Lipinski definition) is 7. The second-order valence-electron chi connectivity index (χ2n) is 5.37. The molecule has 1 atom stereocenters. The van der Waals surface area contributed by atoms with Gasteiger partial charge in [0.05, 0.1) is 18.3 Å². The summed E-state index contributed by atoms with van der Waals surface area (Å²) in [6.45, 7) is 0. The second-order valence-corrected chi connectivity index (χ2v) is 5.37. The summed E-state index contributed by atoms with van der Waals surface area (Å²) >= 11 is 0. The van der Waals surface area contributed by atoms with Crippen molar-refractivity contribution >= 4 is 23.1 Å². The molecule has 2 aromatic carbocycles. The van der Waals surface area contributed by atoms with E-state index in [1.807, 2.05) is 0 Å². The maximum absolute atomic E-state index is 12.4. The number of methoxy groups -OCH3 is 1. The minimum Gasteiger partial charge on any atom is -0.508 e. The second kappa shape index (κ2) is 5.95. The molecule has 7 nitrogen and oxygen atoms in total. The average molecular weight is 342 g/mol. The van der Waals surface area contributed by atoms with Crippen LogP contribution in [0, 0.1) is 0 Å². The number of benzene rings is 2. The van der Waals surface area contributed by atoms with Crippen LogP contribution < -0.4 is 0 Å². The first kappa shape index (κ1) is 16.5. The van der Waals surface area contributed by atoms with Crippen molar-refractivity contribution in [2.75, 3.05) is 7.11 Å². The third-order valence-corrected chi connectivity index (χ3v) is 3.81. The Hall–Kier alpha value is -3.32. The molecule has 1 aliphatic rings. The predicted octanol–water partition coefficient (Wildman–Crippen LogP) is 1.43. The summed E-state index contributed by atoms with van der Waals surface area (Å²) in [4.78, 5) is 24.5. The monoisotopic (exact) mass is 342 g/mol. The van der Waals surface area contributed by atoms with Crippen LogP contribution in [0.25, 0.3) is 11.1 Å². The lowest BCUT2D eigenvalue weighted by molar-refractivity contribution is -0.200. The molecule has 0 saturated heterocycles. The third-order valence-electron chi connectivity index (χ3n) is 3.81. The number of hydrogen-bond donors (Lipinski definition) is 3. The number of aliphatic hydroxyl groups is 1. The molecule has 0 unspecified atom stereocenters. The van der Waals surface area contributed by atoms with Gasteiger partial charge in [0, 0.05) is 0 Å².